The lowest BCUT2D eigenvalue weighted by Crippen LogP contribution is -2.53. The van der Waals surface area contributed by atoms with Crippen LogP contribution in [0.3, 0.4) is 0 Å². The maximum atomic E-state index is 14.0. The first-order valence-electron chi connectivity index (χ1n) is 11.5. The summed E-state index contributed by atoms with van der Waals surface area (Å²) in [7, 11) is 0. The topological polar surface area (TPSA) is 59.0 Å². The number of ether oxygens (including phenoxy) is 2. The van der Waals surface area contributed by atoms with Crippen molar-refractivity contribution >= 4 is 38.9 Å². The lowest BCUT2D eigenvalue weighted by molar-refractivity contribution is -0.183. The highest BCUT2D eigenvalue weighted by molar-refractivity contribution is 7.17. The quantitative estimate of drug-likeness (QED) is 0.515. The molecule has 3 aromatic rings. The number of hydrogen-bond donors (Lipinski definition) is 1. The van der Waals surface area contributed by atoms with Crippen molar-refractivity contribution in [3.8, 4) is 0 Å². The molecule has 2 fully saturated rings. The van der Waals surface area contributed by atoms with E-state index in [0.29, 0.717) is 30.2 Å². The molecule has 1 atom stereocenters. The zero-order valence-corrected chi connectivity index (χ0v) is 20.0. The Balaban J connectivity index is 1.45. The Kier molecular flexibility index (Phi) is 6.72. The molecule has 1 unspecified atom stereocenters. The highest BCUT2D eigenvalue weighted by atomic mass is 35.5. The molecule has 174 valence electrons. The van der Waals surface area contributed by atoms with E-state index in [4.69, 9.17) is 21.1 Å². The molecule has 1 saturated carbocycles. The molecule has 33 heavy (non-hydrogen) atoms. The third-order valence-electron chi connectivity index (χ3n) is 6.86. The summed E-state index contributed by atoms with van der Waals surface area (Å²) >= 11 is 7.64. The van der Waals surface area contributed by atoms with Crippen LogP contribution in [-0.2, 0) is 15.9 Å². The lowest BCUT2D eigenvalue weighted by atomic mass is 9.87. The van der Waals surface area contributed by atoms with Gasteiger partial charge in [-0.2, -0.15) is 0 Å². The number of aliphatic hydroxyl groups excluding tert-OH is 1. The molecule has 2 aromatic carbocycles. The summed E-state index contributed by atoms with van der Waals surface area (Å²) in [6.45, 7) is 1.15. The van der Waals surface area contributed by atoms with Gasteiger partial charge in [-0.3, -0.25) is 4.79 Å². The van der Waals surface area contributed by atoms with E-state index in [2.05, 4.69) is 0 Å². The van der Waals surface area contributed by atoms with Gasteiger partial charge in [0.1, 0.15) is 0 Å². The van der Waals surface area contributed by atoms with Gasteiger partial charge < -0.3 is 19.5 Å². The monoisotopic (exact) mass is 485 g/mol. The van der Waals surface area contributed by atoms with Crippen LogP contribution in [0.2, 0.25) is 5.02 Å². The first kappa shape index (κ1) is 22.8. The van der Waals surface area contributed by atoms with Gasteiger partial charge in [-0.25, -0.2) is 0 Å². The van der Waals surface area contributed by atoms with Gasteiger partial charge in [0.25, 0.3) is 5.91 Å². The maximum absolute atomic E-state index is 14.0. The van der Waals surface area contributed by atoms with E-state index >= 15 is 0 Å². The Hall–Kier alpha value is -1.96. The lowest BCUT2D eigenvalue weighted by Gasteiger charge is -2.43. The fourth-order valence-corrected chi connectivity index (χ4v) is 6.22. The number of rotatable bonds is 6. The zero-order chi connectivity index (χ0) is 22.8. The molecule has 1 spiro atoms. The molecule has 1 saturated heterocycles. The van der Waals surface area contributed by atoms with Crippen LogP contribution in [0.5, 0.6) is 0 Å². The van der Waals surface area contributed by atoms with E-state index in [1.807, 2.05) is 58.8 Å². The van der Waals surface area contributed by atoms with Crippen molar-refractivity contribution in [2.45, 2.75) is 50.0 Å². The van der Waals surface area contributed by atoms with Gasteiger partial charge in [-0.1, -0.05) is 41.9 Å². The van der Waals surface area contributed by atoms with Gasteiger partial charge in [-0.05, 0) is 43.0 Å². The molecule has 2 heterocycles. The van der Waals surface area contributed by atoms with Crippen molar-refractivity contribution in [2.75, 3.05) is 19.8 Å². The van der Waals surface area contributed by atoms with Gasteiger partial charge in [0, 0.05) is 39.4 Å². The summed E-state index contributed by atoms with van der Waals surface area (Å²) in [5, 5.41) is 14.0. The van der Waals surface area contributed by atoms with E-state index in [1.165, 1.54) is 0 Å². The minimum Gasteiger partial charge on any atom is -0.394 e. The second-order valence-corrected chi connectivity index (χ2v) is 10.2. The van der Waals surface area contributed by atoms with Crippen molar-refractivity contribution in [1.29, 1.82) is 0 Å². The molecular formula is C26H28ClNO4S. The number of carbonyl (C=O) groups is 1. The summed E-state index contributed by atoms with van der Waals surface area (Å²) in [6.07, 6.45) is 3.64. The van der Waals surface area contributed by atoms with E-state index in [1.54, 1.807) is 11.3 Å². The van der Waals surface area contributed by atoms with Crippen LogP contribution >= 0.6 is 22.9 Å². The van der Waals surface area contributed by atoms with Gasteiger partial charge in [0.2, 0.25) is 0 Å². The van der Waals surface area contributed by atoms with Crippen molar-refractivity contribution in [2.24, 2.45) is 0 Å². The van der Waals surface area contributed by atoms with Gasteiger partial charge in [-0.15, -0.1) is 11.3 Å². The van der Waals surface area contributed by atoms with Crippen LogP contribution < -0.4 is 0 Å². The summed E-state index contributed by atoms with van der Waals surface area (Å²) in [6, 6.07) is 15.3. The number of hydrogen-bond acceptors (Lipinski definition) is 5. The molecule has 5 rings (SSSR count). The molecule has 5 nitrogen and oxygen atoms in total. The fraction of sp³-hybridized carbons (Fsp3) is 0.423. The average molecular weight is 486 g/mol. The predicted octanol–water partition coefficient (Wildman–Crippen LogP) is 5.29. The number of benzene rings is 2. The summed E-state index contributed by atoms with van der Waals surface area (Å²) in [4.78, 5) is 15.9. The standard InChI is InChI=1S/C26H28ClNO4S/c27-19-7-5-18(6-8-19)15-21(16-29)28(20-9-11-26(12-10-20)31-13-14-32-26)25(30)23-17-33-24-4-2-1-3-22(23)24/h1-8,17,20-21,29H,9-16H2. The molecule has 0 bridgehead atoms. The molecule has 1 N–H and O–H groups in total. The molecule has 1 aromatic heterocycles. The van der Waals surface area contributed by atoms with Crippen molar-refractivity contribution < 1.29 is 19.4 Å². The minimum absolute atomic E-state index is 0.0130. The van der Waals surface area contributed by atoms with E-state index in [0.717, 1.165) is 41.3 Å². The number of nitrogens with zero attached hydrogens (tertiary/aromatic N) is 1. The Morgan fingerprint density at radius 1 is 1.12 bits per heavy atom. The molecule has 1 aliphatic heterocycles. The van der Waals surface area contributed by atoms with E-state index < -0.39 is 5.79 Å². The zero-order valence-electron chi connectivity index (χ0n) is 18.4. The van der Waals surface area contributed by atoms with Crippen molar-refractivity contribution in [1.82, 2.24) is 4.90 Å². The van der Waals surface area contributed by atoms with E-state index in [-0.39, 0.29) is 24.6 Å². The number of thiophene rings is 1. The number of fused-ring (bicyclic) bond motifs is 1. The average Bonchev–Trinajstić information content (AvgIpc) is 3.48. The van der Waals surface area contributed by atoms with E-state index in [9.17, 15) is 9.90 Å². The molecule has 1 amide bonds. The molecule has 2 aliphatic rings. The van der Waals surface area contributed by atoms with Crippen LogP contribution in [-0.4, -0.2) is 53.6 Å². The molecule has 1 aliphatic carbocycles. The summed E-state index contributed by atoms with van der Waals surface area (Å²) in [5.74, 6) is -0.514. The maximum Gasteiger partial charge on any atom is 0.255 e. The van der Waals surface area contributed by atoms with Gasteiger partial charge >= 0.3 is 0 Å². The van der Waals surface area contributed by atoms with Crippen LogP contribution in [0, 0.1) is 0 Å². The number of carbonyl (C=O) groups excluding carboxylic acids is 1. The van der Waals surface area contributed by atoms with Crippen molar-refractivity contribution in [3.63, 3.8) is 0 Å². The Morgan fingerprint density at radius 2 is 1.82 bits per heavy atom. The molecule has 0 radical (unpaired) electrons. The SMILES string of the molecule is O=C(c1csc2ccccc12)N(C1CCC2(CC1)OCCO2)C(CO)Cc1ccc(Cl)cc1. The van der Waals surface area contributed by atoms with Crippen LogP contribution in [0.25, 0.3) is 10.1 Å². The fourth-order valence-electron chi connectivity index (χ4n) is 5.16. The van der Waals surface area contributed by atoms with Crippen molar-refractivity contribution in [3.05, 3.63) is 70.1 Å². The highest BCUT2D eigenvalue weighted by Gasteiger charge is 2.43. The highest BCUT2D eigenvalue weighted by Crippen LogP contribution is 2.39. The first-order chi connectivity index (χ1) is 16.1. The van der Waals surface area contributed by atoms with Crippen LogP contribution in [0.1, 0.15) is 41.6 Å². The first-order valence-corrected chi connectivity index (χ1v) is 12.8. The smallest absolute Gasteiger partial charge is 0.255 e. The van der Waals surface area contributed by atoms with Gasteiger partial charge in [0.05, 0.1) is 31.4 Å². The van der Waals surface area contributed by atoms with Crippen LogP contribution in [0.15, 0.2) is 53.9 Å². The Bertz CT molecular complexity index is 1100. The van der Waals surface area contributed by atoms with Gasteiger partial charge in [0.15, 0.2) is 5.79 Å². The predicted molar refractivity (Wildman–Crippen MR) is 131 cm³/mol. The minimum atomic E-state index is -0.495. The number of amides is 1. The number of halogens is 1. The Morgan fingerprint density at radius 3 is 2.52 bits per heavy atom. The second-order valence-electron chi connectivity index (χ2n) is 8.86. The summed E-state index contributed by atoms with van der Waals surface area (Å²) in [5.41, 5.74) is 1.75. The third-order valence-corrected chi connectivity index (χ3v) is 8.07. The Labute approximate surface area is 202 Å². The molecular weight excluding hydrogens is 458 g/mol. The largest absolute Gasteiger partial charge is 0.394 e. The third kappa shape index (κ3) is 4.68. The van der Waals surface area contributed by atoms with Crippen LogP contribution in [0.4, 0.5) is 0 Å². The summed E-state index contributed by atoms with van der Waals surface area (Å²) < 4.78 is 12.9. The second kappa shape index (κ2) is 9.72. The number of aliphatic hydroxyl groups is 1. The normalized spacial score (nSPS) is 19.2. The molecule has 7 heteroatoms.